The van der Waals surface area contributed by atoms with Crippen LogP contribution in [0, 0.1) is 11.8 Å². The lowest BCUT2D eigenvalue weighted by Crippen LogP contribution is -2.16. The van der Waals surface area contributed by atoms with E-state index in [-0.39, 0.29) is 0 Å². The lowest BCUT2D eigenvalue weighted by atomic mass is 9.78. The maximum atomic E-state index is 3.22. The largest absolute Gasteiger partial charge is 0.320 e. The molecule has 2 atom stereocenters. The molecule has 2 unspecified atom stereocenters. The maximum absolute atomic E-state index is 3.22. The molecule has 1 nitrogen and oxygen atoms in total. The fraction of sp³-hybridized carbons (Fsp3) is 1.00. The fourth-order valence-corrected chi connectivity index (χ4v) is 2.88. The van der Waals surface area contributed by atoms with Crippen LogP contribution in [0.3, 0.4) is 0 Å². The van der Waals surface area contributed by atoms with E-state index in [1.807, 2.05) is 7.05 Å². The zero-order valence-corrected chi connectivity index (χ0v) is 10.7. The average molecular weight is 211 g/mol. The summed E-state index contributed by atoms with van der Waals surface area (Å²) in [6, 6.07) is 0. The molecule has 0 aromatic heterocycles. The van der Waals surface area contributed by atoms with E-state index in [0.717, 1.165) is 11.8 Å². The molecule has 0 aromatic carbocycles. The zero-order chi connectivity index (χ0) is 10.9. The van der Waals surface area contributed by atoms with Crippen molar-refractivity contribution in [1.82, 2.24) is 5.32 Å². The average Bonchev–Trinajstić information content (AvgIpc) is 2.25. The van der Waals surface area contributed by atoms with Crippen molar-refractivity contribution in [3.63, 3.8) is 0 Å². The van der Waals surface area contributed by atoms with E-state index in [9.17, 15) is 0 Å². The van der Waals surface area contributed by atoms with Gasteiger partial charge in [-0.2, -0.15) is 0 Å². The van der Waals surface area contributed by atoms with Gasteiger partial charge in [0.05, 0.1) is 0 Å². The van der Waals surface area contributed by atoms with Crippen LogP contribution in [0.5, 0.6) is 0 Å². The molecule has 1 fully saturated rings. The van der Waals surface area contributed by atoms with Crippen molar-refractivity contribution in [1.29, 1.82) is 0 Å². The minimum Gasteiger partial charge on any atom is -0.320 e. The Kier molecular flexibility index (Phi) is 7.08. The highest BCUT2D eigenvalue weighted by atomic mass is 14.8. The lowest BCUT2D eigenvalue weighted by molar-refractivity contribution is 0.236. The van der Waals surface area contributed by atoms with Crippen LogP contribution in [-0.2, 0) is 0 Å². The first-order valence-electron chi connectivity index (χ1n) is 6.99. The number of nitrogens with one attached hydrogen (secondary N) is 1. The Morgan fingerprint density at radius 2 is 1.73 bits per heavy atom. The third kappa shape index (κ3) is 5.55. The Labute approximate surface area is 96.0 Å². The molecule has 1 rings (SSSR count). The third-order valence-electron chi connectivity index (χ3n) is 4.04. The van der Waals surface area contributed by atoms with Gasteiger partial charge in [0.25, 0.3) is 0 Å². The summed E-state index contributed by atoms with van der Waals surface area (Å²) in [5, 5.41) is 3.22. The second-order valence-corrected chi connectivity index (χ2v) is 5.33. The predicted molar refractivity (Wildman–Crippen MR) is 68.1 cm³/mol. The topological polar surface area (TPSA) is 12.0 Å². The molecule has 90 valence electrons. The summed E-state index contributed by atoms with van der Waals surface area (Å²) in [6.07, 6.45) is 13.2. The highest BCUT2D eigenvalue weighted by Crippen LogP contribution is 2.33. The molecule has 0 aliphatic heterocycles. The molecule has 0 amide bonds. The van der Waals surface area contributed by atoms with Crippen LogP contribution in [0.1, 0.15) is 64.7 Å². The molecule has 1 heteroatoms. The van der Waals surface area contributed by atoms with Gasteiger partial charge in [-0.15, -0.1) is 0 Å². The number of hydrogen-bond acceptors (Lipinski definition) is 1. The van der Waals surface area contributed by atoms with Gasteiger partial charge >= 0.3 is 0 Å². The highest BCUT2D eigenvalue weighted by molar-refractivity contribution is 4.72. The van der Waals surface area contributed by atoms with Crippen molar-refractivity contribution in [3.8, 4) is 0 Å². The molecular weight excluding hydrogens is 182 g/mol. The summed E-state index contributed by atoms with van der Waals surface area (Å²) in [6.45, 7) is 3.66. The maximum Gasteiger partial charge on any atom is -0.00519 e. The van der Waals surface area contributed by atoms with Gasteiger partial charge in [-0.1, -0.05) is 58.3 Å². The van der Waals surface area contributed by atoms with Crippen LogP contribution >= 0.6 is 0 Å². The van der Waals surface area contributed by atoms with Gasteiger partial charge in [0.1, 0.15) is 0 Å². The summed E-state index contributed by atoms with van der Waals surface area (Å²) in [5.41, 5.74) is 0. The summed E-state index contributed by atoms with van der Waals surface area (Å²) in [4.78, 5) is 0. The quantitative estimate of drug-likeness (QED) is 0.628. The Morgan fingerprint density at radius 1 is 1.00 bits per heavy atom. The molecular formula is C14H29N. The number of hydrogen-bond donors (Lipinski definition) is 1. The minimum atomic E-state index is 1.01. The summed E-state index contributed by atoms with van der Waals surface area (Å²) in [5.74, 6) is 2.07. The van der Waals surface area contributed by atoms with Crippen LogP contribution in [0.25, 0.3) is 0 Å². The van der Waals surface area contributed by atoms with Gasteiger partial charge in [-0.25, -0.2) is 0 Å². The van der Waals surface area contributed by atoms with Gasteiger partial charge in [-0.05, 0) is 31.8 Å². The van der Waals surface area contributed by atoms with E-state index in [0.29, 0.717) is 0 Å². The minimum absolute atomic E-state index is 1.01. The van der Waals surface area contributed by atoms with Crippen LogP contribution in [-0.4, -0.2) is 13.6 Å². The van der Waals surface area contributed by atoms with Crippen molar-refractivity contribution in [2.45, 2.75) is 64.7 Å². The van der Waals surface area contributed by atoms with E-state index in [2.05, 4.69) is 12.2 Å². The molecule has 1 saturated carbocycles. The normalized spacial score (nSPS) is 26.8. The van der Waals surface area contributed by atoms with Crippen molar-refractivity contribution in [3.05, 3.63) is 0 Å². The fourth-order valence-electron chi connectivity index (χ4n) is 2.88. The van der Waals surface area contributed by atoms with Gasteiger partial charge < -0.3 is 5.32 Å². The number of unbranched alkanes of at least 4 members (excludes halogenated alkanes) is 3. The second kappa shape index (κ2) is 8.15. The van der Waals surface area contributed by atoms with Crippen LogP contribution in [0.4, 0.5) is 0 Å². The number of rotatable bonds is 7. The monoisotopic (exact) mass is 211 g/mol. The molecule has 0 radical (unpaired) electrons. The Morgan fingerprint density at radius 3 is 2.47 bits per heavy atom. The van der Waals surface area contributed by atoms with Crippen molar-refractivity contribution in [2.24, 2.45) is 11.8 Å². The zero-order valence-electron chi connectivity index (χ0n) is 10.7. The SMILES string of the molecule is CNCCCCCCC1CCCCC1C. The third-order valence-corrected chi connectivity index (χ3v) is 4.04. The van der Waals surface area contributed by atoms with E-state index in [4.69, 9.17) is 0 Å². The Balaban J connectivity index is 1.94. The Bertz CT molecular complexity index is 144. The Hall–Kier alpha value is -0.0400. The lowest BCUT2D eigenvalue weighted by Gasteiger charge is -2.28. The smallest absolute Gasteiger partial charge is 0.00519 e. The van der Waals surface area contributed by atoms with Gasteiger partial charge in [0.15, 0.2) is 0 Å². The van der Waals surface area contributed by atoms with Crippen molar-refractivity contribution in [2.75, 3.05) is 13.6 Å². The second-order valence-electron chi connectivity index (χ2n) is 5.33. The van der Waals surface area contributed by atoms with Crippen LogP contribution in [0.15, 0.2) is 0 Å². The summed E-state index contributed by atoms with van der Waals surface area (Å²) >= 11 is 0. The standard InChI is InChI=1S/C14H29N/c1-13-9-6-7-11-14(13)10-5-3-4-8-12-15-2/h13-15H,3-12H2,1-2H3. The van der Waals surface area contributed by atoms with Crippen molar-refractivity contribution >= 4 is 0 Å². The first kappa shape index (κ1) is 13.0. The van der Waals surface area contributed by atoms with E-state index in [1.54, 1.807) is 0 Å². The van der Waals surface area contributed by atoms with Gasteiger partial charge in [-0.3, -0.25) is 0 Å². The molecule has 0 bridgehead atoms. The molecule has 0 aromatic rings. The molecule has 0 spiro atoms. The summed E-state index contributed by atoms with van der Waals surface area (Å²) in [7, 11) is 2.05. The van der Waals surface area contributed by atoms with E-state index >= 15 is 0 Å². The summed E-state index contributed by atoms with van der Waals surface area (Å²) < 4.78 is 0. The first-order valence-corrected chi connectivity index (χ1v) is 6.99. The predicted octanol–water partition coefficient (Wildman–Crippen LogP) is 3.98. The molecule has 15 heavy (non-hydrogen) atoms. The van der Waals surface area contributed by atoms with E-state index < -0.39 is 0 Å². The molecule has 0 heterocycles. The molecule has 1 aliphatic carbocycles. The van der Waals surface area contributed by atoms with Crippen LogP contribution in [0.2, 0.25) is 0 Å². The first-order chi connectivity index (χ1) is 7.34. The molecule has 0 saturated heterocycles. The van der Waals surface area contributed by atoms with Crippen molar-refractivity contribution < 1.29 is 0 Å². The van der Waals surface area contributed by atoms with E-state index in [1.165, 1.54) is 64.3 Å². The van der Waals surface area contributed by atoms with Gasteiger partial charge in [0.2, 0.25) is 0 Å². The molecule has 1 N–H and O–H groups in total. The van der Waals surface area contributed by atoms with Gasteiger partial charge in [0, 0.05) is 0 Å². The van der Waals surface area contributed by atoms with Crippen LogP contribution < -0.4 is 5.32 Å². The molecule has 1 aliphatic rings. The highest BCUT2D eigenvalue weighted by Gasteiger charge is 2.20.